The van der Waals surface area contributed by atoms with Crippen LogP contribution in [0.3, 0.4) is 0 Å². The highest BCUT2D eigenvalue weighted by Crippen LogP contribution is 2.42. The molecule has 3 aliphatic rings. The molecule has 1 saturated heterocycles. The van der Waals surface area contributed by atoms with Crippen LogP contribution in [0.5, 0.6) is 0 Å². The molecule has 0 unspecified atom stereocenters. The maximum Gasteiger partial charge on any atom is 0.127 e. The molecule has 1 aromatic rings. The second-order valence-corrected chi connectivity index (χ2v) is 7.41. The van der Waals surface area contributed by atoms with E-state index in [9.17, 15) is 0 Å². The van der Waals surface area contributed by atoms with E-state index in [-0.39, 0.29) is 0 Å². The van der Waals surface area contributed by atoms with E-state index in [0.29, 0.717) is 0 Å². The fourth-order valence-electron chi connectivity index (χ4n) is 4.72. The lowest BCUT2D eigenvalue weighted by molar-refractivity contribution is -1.02. The van der Waals surface area contributed by atoms with Crippen molar-refractivity contribution in [2.24, 2.45) is 17.8 Å². The van der Waals surface area contributed by atoms with Crippen molar-refractivity contribution < 1.29 is 9.80 Å². The summed E-state index contributed by atoms with van der Waals surface area (Å²) in [6.07, 6.45) is 7.92. The second-order valence-electron chi connectivity index (χ2n) is 7.41. The van der Waals surface area contributed by atoms with Crippen molar-refractivity contribution in [1.29, 1.82) is 0 Å². The van der Waals surface area contributed by atoms with Crippen LogP contribution in [0, 0.1) is 17.8 Å². The monoisotopic (exact) mass is 284 g/mol. The fraction of sp³-hybridized carbons (Fsp3) is 0.579. The molecule has 1 heterocycles. The Kier molecular flexibility index (Phi) is 3.83. The number of nitrogens with one attached hydrogen (secondary N) is 2. The molecular weight excluding hydrogens is 256 g/mol. The van der Waals surface area contributed by atoms with E-state index in [2.05, 4.69) is 42.5 Å². The smallest absolute Gasteiger partial charge is 0.127 e. The zero-order valence-electron chi connectivity index (χ0n) is 12.9. The summed E-state index contributed by atoms with van der Waals surface area (Å²) in [7, 11) is 0. The van der Waals surface area contributed by atoms with E-state index in [4.69, 9.17) is 0 Å². The van der Waals surface area contributed by atoms with Crippen LogP contribution in [0.15, 0.2) is 42.5 Å². The van der Waals surface area contributed by atoms with Crippen molar-refractivity contribution in [3.63, 3.8) is 0 Å². The lowest BCUT2D eigenvalue weighted by atomic mass is 9.93. The fourth-order valence-corrected chi connectivity index (χ4v) is 4.72. The molecule has 0 spiro atoms. The van der Waals surface area contributed by atoms with E-state index in [1.54, 1.807) is 4.90 Å². The average molecular weight is 284 g/mol. The van der Waals surface area contributed by atoms with Crippen LogP contribution in [-0.2, 0) is 6.54 Å². The van der Waals surface area contributed by atoms with Crippen LogP contribution in [0.2, 0.25) is 0 Å². The molecule has 2 heteroatoms. The molecule has 1 aromatic carbocycles. The Labute approximate surface area is 128 Å². The number of hydrogen-bond acceptors (Lipinski definition) is 0. The molecule has 2 N–H and O–H groups in total. The average Bonchev–Trinajstić information content (AvgIpc) is 3.13. The summed E-state index contributed by atoms with van der Waals surface area (Å²) >= 11 is 0. The van der Waals surface area contributed by atoms with Crippen molar-refractivity contribution in [3.8, 4) is 0 Å². The summed E-state index contributed by atoms with van der Waals surface area (Å²) in [5, 5.41) is 0. The Morgan fingerprint density at radius 1 is 0.857 bits per heavy atom. The number of quaternary nitrogens is 2. The van der Waals surface area contributed by atoms with Crippen LogP contribution in [0.4, 0.5) is 0 Å². The van der Waals surface area contributed by atoms with Gasteiger partial charge in [0.15, 0.2) is 0 Å². The maximum atomic E-state index is 2.51. The predicted octanol–water partition coefficient (Wildman–Crippen LogP) is 0.182. The SMILES string of the molecule is C1=C[C@H]2C[C@H]1C[C@@H]2C[NH+]1CC[NH+](Cc2ccccc2)CC1. The van der Waals surface area contributed by atoms with Gasteiger partial charge in [0, 0.05) is 11.5 Å². The van der Waals surface area contributed by atoms with Crippen molar-refractivity contribution >= 4 is 0 Å². The Hall–Kier alpha value is -1.12. The van der Waals surface area contributed by atoms with Crippen LogP contribution in [-0.4, -0.2) is 32.7 Å². The van der Waals surface area contributed by atoms with E-state index < -0.39 is 0 Å². The Bertz CT molecular complexity index is 488. The molecule has 2 aliphatic carbocycles. The minimum Gasteiger partial charge on any atom is -0.325 e. The first kappa shape index (κ1) is 13.5. The molecular formula is C19H28N2+2. The third-order valence-electron chi connectivity index (χ3n) is 5.93. The molecule has 2 bridgehead atoms. The van der Waals surface area contributed by atoms with Gasteiger partial charge in [0.05, 0.1) is 6.54 Å². The molecule has 2 nitrogen and oxygen atoms in total. The van der Waals surface area contributed by atoms with Crippen LogP contribution in [0.1, 0.15) is 18.4 Å². The lowest BCUT2D eigenvalue weighted by Crippen LogP contribution is -3.27. The molecule has 0 radical (unpaired) electrons. The topological polar surface area (TPSA) is 8.88 Å². The van der Waals surface area contributed by atoms with E-state index >= 15 is 0 Å². The van der Waals surface area contributed by atoms with Gasteiger partial charge in [0.1, 0.15) is 32.7 Å². The molecule has 3 atom stereocenters. The summed E-state index contributed by atoms with van der Waals surface area (Å²) < 4.78 is 0. The quantitative estimate of drug-likeness (QED) is 0.730. The number of hydrogen-bond donors (Lipinski definition) is 2. The van der Waals surface area contributed by atoms with Gasteiger partial charge in [-0.2, -0.15) is 0 Å². The van der Waals surface area contributed by atoms with Crippen molar-refractivity contribution in [1.82, 2.24) is 0 Å². The lowest BCUT2D eigenvalue weighted by Gasteiger charge is -2.32. The molecule has 1 saturated carbocycles. The van der Waals surface area contributed by atoms with Crippen LogP contribution in [0.25, 0.3) is 0 Å². The predicted molar refractivity (Wildman–Crippen MR) is 85.3 cm³/mol. The third-order valence-corrected chi connectivity index (χ3v) is 5.93. The van der Waals surface area contributed by atoms with E-state index in [0.717, 1.165) is 17.8 Å². The molecule has 2 fully saturated rings. The number of rotatable bonds is 4. The van der Waals surface area contributed by atoms with Crippen LogP contribution < -0.4 is 9.80 Å². The van der Waals surface area contributed by atoms with Crippen molar-refractivity contribution in [2.45, 2.75) is 19.4 Å². The van der Waals surface area contributed by atoms with Gasteiger partial charge >= 0.3 is 0 Å². The summed E-state index contributed by atoms with van der Waals surface area (Å²) in [5.41, 5.74) is 1.49. The zero-order valence-corrected chi connectivity index (χ0v) is 12.9. The zero-order chi connectivity index (χ0) is 14.1. The maximum absolute atomic E-state index is 2.51. The summed E-state index contributed by atoms with van der Waals surface area (Å²) in [5.74, 6) is 2.85. The number of benzene rings is 1. The first-order valence-electron chi connectivity index (χ1n) is 8.76. The first-order chi connectivity index (χ1) is 10.4. The van der Waals surface area contributed by atoms with Gasteiger partial charge in [-0.25, -0.2) is 0 Å². The Morgan fingerprint density at radius 3 is 2.29 bits per heavy atom. The van der Waals surface area contributed by atoms with E-state index in [1.165, 1.54) is 57.7 Å². The first-order valence-corrected chi connectivity index (χ1v) is 8.76. The Balaban J connectivity index is 1.24. The van der Waals surface area contributed by atoms with Gasteiger partial charge in [-0.1, -0.05) is 42.5 Å². The standard InChI is InChI=1S/C19H26N2/c1-2-4-16(5-3-1)14-20-8-10-21(11-9-20)15-19-13-17-6-7-18(19)12-17/h1-7,17-19H,8-15H2/p+2/t17-,18-,19+/m0/s1. The number of piperazine rings is 1. The van der Waals surface area contributed by atoms with Gasteiger partial charge in [-0.3, -0.25) is 0 Å². The molecule has 4 rings (SSSR count). The normalized spacial score (nSPS) is 38.0. The van der Waals surface area contributed by atoms with Gasteiger partial charge < -0.3 is 9.80 Å². The summed E-state index contributed by atoms with van der Waals surface area (Å²) in [6, 6.07) is 11.0. The number of fused-ring (bicyclic) bond motifs is 2. The van der Waals surface area contributed by atoms with Crippen molar-refractivity contribution in [3.05, 3.63) is 48.0 Å². The van der Waals surface area contributed by atoms with Crippen LogP contribution >= 0.6 is 0 Å². The molecule has 1 aliphatic heterocycles. The van der Waals surface area contributed by atoms with Gasteiger partial charge in [-0.15, -0.1) is 0 Å². The molecule has 112 valence electrons. The summed E-state index contributed by atoms with van der Waals surface area (Å²) in [4.78, 5) is 3.65. The Morgan fingerprint density at radius 2 is 1.62 bits per heavy atom. The highest BCUT2D eigenvalue weighted by molar-refractivity contribution is 5.13. The van der Waals surface area contributed by atoms with Gasteiger partial charge in [0.25, 0.3) is 0 Å². The molecule has 0 aromatic heterocycles. The minimum absolute atomic E-state index is 0.928. The van der Waals surface area contributed by atoms with Gasteiger partial charge in [-0.05, 0) is 24.7 Å². The molecule has 0 amide bonds. The van der Waals surface area contributed by atoms with E-state index in [1.807, 2.05) is 4.90 Å². The third kappa shape index (κ3) is 3.07. The largest absolute Gasteiger partial charge is 0.325 e. The molecule has 21 heavy (non-hydrogen) atoms. The number of allylic oxidation sites excluding steroid dienone is 2. The minimum atomic E-state index is 0.928. The van der Waals surface area contributed by atoms with Crippen molar-refractivity contribution in [2.75, 3.05) is 32.7 Å². The second kappa shape index (κ2) is 5.94. The van der Waals surface area contributed by atoms with Gasteiger partial charge in [0.2, 0.25) is 0 Å². The summed E-state index contributed by atoms with van der Waals surface area (Å²) in [6.45, 7) is 8.09. The highest BCUT2D eigenvalue weighted by atomic mass is 15.3. The highest BCUT2D eigenvalue weighted by Gasteiger charge is 2.38.